The van der Waals surface area contributed by atoms with Gasteiger partial charge in [-0.2, -0.15) is 0 Å². The zero-order chi connectivity index (χ0) is 24.6. The van der Waals surface area contributed by atoms with Crippen LogP contribution < -0.4 is 10.0 Å². The van der Waals surface area contributed by atoms with Gasteiger partial charge in [0.25, 0.3) is 0 Å². The van der Waals surface area contributed by atoms with Gasteiger partial charge in [0.2, 0.25) is 5.91 Å². The fourth-order valence-electron chi connectivity index (χ4n) is 3.81. The Morgan fingerprint density at radius 2 is 1.85 bits per heavy atom. The van der Waals surface area contributed by atoms with E-state index in [1.54, 1.807) is 11.0 Å². The van der Waals surface area contributed by atoms with E-state index in [0.29, 0.717) is 30.5 Å². The molecule has 1 saturated heterocycles. The zero-order valence-corrected chi connectivity index (χ0v) is 21.5. The minimum atomic E-state index is -1.10. The van der Waals surface area contributed by atoms with Gasteiger partial charge in [0, 0.05) is 47.7 Å². The molecule has 186 valence electrons. The number of aliphatic hydroxyl groups is 2. The summed E-state index contributed by atoms with van der Waals surface area (Å²) < 4.78 is 14.6. The van der Waals surface area contributed by atoms with E-state index in [4.69, 9.17) is 0 Å². The summed E-state index contributed by atoms with van der Waals surface area (Å²) in [7, 11) is 0. The van der Waals surface area contributed by atoms with Crippen molar-refractivity contribution in [1.82, 2.24) is 14.9 Å². The lowest BCUT2D eigenvalue weighted by molar-refractivity contribution is -0.121. The lowest BCUT2D eigenvalue weighted by Crippen LogP contribution is -2.39. The lowest BCUT2D eigenvalue weighted by atomic mass is 10.0. The Kier molecular flexibility index (Phi) is 10.7. The highest BCUT2D eigenvalue weighted by Gasteiger charge is 2.40. The van der Waals surface area contributed by atoms with Gasteiger partial charge in [-0.05, 0) is 65.9 Å². The minimum Gasteiger partial charge on any atom is -0.598 e. The van der Waals surface area contributed by atoms with Gasteiger partial charge >= 0.3 is 0 Å². The Morgan fingerprint density at radius 3 is 2.42 bits per heavy atom. The summed E-state index contributed by atoms with van der Waals surface area (Å²) in [6, 6.07) is 0. The highest BCUT2D eigenvalue weighted by Crippen LogP contribution is 2.37. The molecule has 3 atom stereocenters. The first-order valence-corrected chi connectivity index (χ1v) is 13.0. The van der Waals surface area contributed by atoms with Crippen molar-refractivity contribution < 1.29 is 19.6 Å². The van der Waals surface area contributed by atoms with E-state index in [-0.39, 0.29) is 17.2 Å². The van der Waals surface area contributed by atoms with E-state index in [1.165, 1.54) is 5.57 Å². The minimum absolute atomic E-state index is 0.0645. The van der Waals surface area contributed by atoms with Crippen molar-refractivity contribution >= 4 is 17.3 Å². The van der Waals surface area contributed by atoms with Crippen LogP contribution in [-0.4, -0.2) is 55.9 Å². The van der Waals surface area contributed by atoms with E-state index < -0.39 is 23.8 Å². The molecule has 2 aliphatic rings. The molecule has 0 spiro atoms. The van der Waals surface area contributed by atoms with Crippen LogP contribution in [0.1, 0.15) is 73.1 Å². The van der Waals surface area contributed by atoms with Gasteiger partial charge in [-0.15, -0.1) is 4.72 Å². The van der Waals surface area contributed by atoms with Gasteiger partial charge in [-0.1, -0.05) is 30.7 Å². The molecule has 1 aliphatic carbocycles. The molecule has 1 aliphatic heterocycles. The third-order valence-electron chi connectivity index (χ3n) is 5.75. The summed E-state index contributed by atoms with van der Waals surface area (Å²) in [6.07, 6.45) is 10.2. The van der Waals surface area contributed by atoms with Crippen molar-refractivity contribution in [2.24, 2.45) is 0 Å². The average Bonchev–Trinajstić information content (AvgIpc) is 2.97. The van der Waals surface area contributed by atoms with E-state index in [9.17, 15) is 19.6 Å². The summed E-state index contributed by atoms with van der Waals surface area (Å²) in [6.45, 7) is 10.7. The third kappa shape index (κ3) is 8.00. The highest BCUT2D eigenvalue weighted by atomic mass is 32.2. The average molecular weight is 480 g/mol. The predicted octanol–water partition coefficient (Wildman–Crippen LogP) is 3.16. The molecule has 33 heavy (non-hydrogen) atoms. The number of allylic oxidation sites excluding steroid dienone is 5. The smallest absolute Gasteiger partial charge is 0.220 e. The monoisotopic (exact) mass is 479 g/mol. The quantitative estimate of drug-likeness (QED) is 0.283. The predicted molar refractivity (Wildman–Crippen MR) is 134 cm³/mol. The molecule has 4 N–H and O–H groups in total. The molecule has 0 bridgehead atoms. The number of nitrogens with zero attached hydrogens (tertiary/aromatic N) is 1. The number of amides is 1. The first-order valence-electron chi connectivity index (χ1n) is 11.9. The van der Waals surface area contributed by atoms with Crippen LogP contribution >= 0.6 is 0 Å². The Labute approximate surface area is 202 Å². The number of aliphatic hydroxyl groups excluding tert-OH is 2. The fourth-order valence-corrected chi connectivity index (χ4v) is 4.58. The van der Waals surface area contributed by atoms with Crippen LogP contribution in [0, 0.1) is 0 Å². The van der Waals surface area contributed by atoms with Crippen molar-refractivity contribution in [2.75, 3.05) is 13.1 Å². The van der Waals surface area contributed by atoms with Gasteiger partial charge in [0.05, 0.1) is 0 Å². The van der Waals surface area contributed by atoms with E-state index in [2.05, 4.69) is 17.0 Å². The maximum Gasteiger partial charge on any atom is 0.220 e. The summed E-state index contributed by atoms with van der Waals surface area (Å²) in [5.74, 6) is -0.0645. The molecule has 2 rings (SSSR count). The second-order valence-corrected chi connectivity index (χ2v) is 11.6. The molecule has 0 aromatic heterocycles. The Hall–Kier alpha value is -1.58. The first-order chi connectivity index (χ1) is 15.6. The largest absolute Gasteiger partial charge is 0.598 e. The summed E-state index contributed by atoms with van der Waals surface area (Å²) >= 11 is -1.10. The molecule has 0 aromatic rings. The Morgan fingerprint density at radius 1 is 1.18 bits per heavy atom. The maximum atomic E-state index is 12.2. The van der Waals surface area contributed by atoms with Crippen molar-refractivity contribution in [2.45, 2.75) is 90.3 Å². The summed E-state index contributed by atoms with van der Waals surface area (Å²) in [4.78, 5) is 13.9. The van der Waals surface area contributed by atoms with Gasteiger partial charge in [-0.3, -0.25) is 4.79 Å². The molecule has 0 aromatic carbocycles. The molecular weight excluding hydrogens is 438 g/mol. The highest BCUT2D eigenvalue weighted by molar-refractivity contribution is 7.90. The van der Waals surface area contributed by atoms with Crippen molar-refractivity contribution in [3.05, 3.63) is 46.7 Å². The van der Waals surface area contributed by atoms with Crippen LogP contribution in [0.25, 0.3) is 0 Å². The van der Waals surface area contributed by atoms with Crippen LogP contribution in [0.4, 0.5) is 0 Å². The van der Waals surface area contributed by atoms with Gasteiger partial charge in [0.1, 0.15) is 4.75 Å². The second-order valence-electron chi connectivity index (χ2n) is 9.59. The topological polar surface area (TPSA) is 108 Å². The fraction of sp³-hybridized carbons (Fsp3) is 0.640. The number of hydrogen-bond acceptors (Lipinski definition) is 6. The standard InChI is InChI=1S/C25H41N3O4S/c1-6-9-20-21(24(31)28(23(20)30)19-13-11-18(2)12-14-19)15-17-26-22(29)10-7-8-16-27-33(32)25(3,4)5/h9,11,13,15,23-24,27,30-31H,6-8,10,12,14,16-17H2,1-5H3,(H,26,29)/b20-9?,21-15+. The van der Waals surface area contributed by atoms with Crippen molar-refractivity contribution in [3.8, 4) is 0 Å². The van der Waals surface area contributed by atoms with Crippen LogP contribution in [0.15, 0.2) is 46.7 Å². The van der Waals surface area contributed by atoms with Gasteiger partial charge in [0.15, 0.2) is 12.5 Å². The summed E-state index contributed by atoms with van der Waals surface area (Å²) in [5, 5.41) is 24.7. The van der Waals surface area contributed by atoms with Gasteiger partial charge < -0.3 is 25.0 Å². The molecule has 1 fully saturated rings. The van der Waals surface area contributed by atoms with Gasteiger partial charge in [-0.25, -0.2) is 0 Å². The normalized spacial score (nSPS) is 24.8. The van der Waals surface area contributed by atoms with E-state index in [0.717, 1.165) is 31.4 Å². The Bertz CT molecular complexity index is 798. The number of hydrogen-bond donors (Lipinski definition) is 4. The van der Waals surface area contributed by atoms with Crippen molar-refractivity contribution in [3.63, 3.8) is 0 Å². The summed E-state index contributed by atoms with van der Waals surface area (Å²) in [5.41, 5.74) is 3.54. The number of carbonyl (C=O) groups excluding carboxylic acids is 1. The van der Waals surface area contributed by atoms with Crippen molar-refractivity contribution in [1.29, 1.82) is 0 Å². The number of nitrogens with one attached hydrogen (secondary N) is 2. The third-order valence-corrected chi connectivity index (χ3v) is 7.33. The molecule has 7 nitrogen and oxygen atoms in total. The lowest BCUT2D eigenvalue weighted by Gasteiger charge is -2.30. The van der Waals surface area contributed by atoms with E-state index in [1.807, 2.05) is 45.9 Å². The molecule has 8 heteroatoms. The first kappa shape index (κ1) is 27.7. The molecule has 3 unspecified atom stereocenters. The SMILES string of the molecule is CCC=C1/C(=C\CNC(=O)CCCCN[S+]([O-])C(C)(C)C)C(O)N(C2=CC=C(C)CC2)C1O. The Balaban J connectivity index is 1.87. The number of carbonyl (C=O) groups is 1. The number of likely N-dealkylation sites (tertiary alicyclic amines) is 1. The molecule has 0 radical (unpaired) electrons. The van der Waals surface area contributed by atoms with Crippen LogP contribution in [-0.2, 0) is 16.2 Å². The molecule has 1 heterocycles. The number of rotatable bonds is 10. The molecule has 1 amide bonds. The molecule has 0 saturated carbocycles. The zero-order valence-electron chi connectivity index (χ0n) is 20.7. The van der Waals surface area contributed by atoms with Crippen LogP contribution in [0.2, 0.25) is 0 Å². The van der Waals surface area contributed by atoms with Crippen LogP contribution in [0.3, 0.4) is 0 Å². The van der Waals surface area contributed by atoms with E-state index >= 15 is 0 Å². The van der Waals surface area contributed by atoms with Crippen LogP contribution in [0.5, 0.6) is 0 Å². The second kappa shape index (κ2) is 12.8. The molecular formula is C25H41N3O4S. The maximum absolute atomic E-state index is 12.2. The number of unbranched alkanes of at least 4 members (excludes halogenated alkanes) is 1.